The number of ether oxygens (including phenoxy) is 1. The maximum atomic E-state index is 11.9. The third-order valence-electron chi connectivity index (χ3n) is 2.79. The molecule has 21 heavy (non-hydrogen) atoms. The van der Waals surface area contributed by atoms with Gasteiger partial charge in [-0.2, -0.15) is 0 Å². The number of benzene rings is 1. The highest BCUT2D eigenvalue weighted by molar-refractivity contribution is 7.14. The van der Waals surface area contributed by atoms with Crippen molar-refractivity contribution in [2.75, 3.05) is 12.4 Å². The molecule has 0 fully saturated rings. The summed E-state index contributed by atoms with van der Waals surface area (Å²) in [7, 11) is 1.60. The van der Waals surface area contributed by atoms with Gasteiger partial charge in [-0.25, -0.2) is 4.98 Å². The molecule has 0 aliphatic heterocycles. The number of carbonyl (C=O) groups excluding carboxylic acids is 1. The fourth-order valence-electron chi connectivity index (χ4n) is 1.64. The summed E-state index contributed by atoms with van der Waals surface area (Å²) in [5.41, 5.74) is 1.84. The van der Waals surface area contributed by atoms with Crippen molar-refractivity contribution in [3.05, 3.63) is 40.9 Å². The summed E-state index contributed by atoms with van der Waals surface area (Å²) in [6.45, 7) is 1.64. The van der Waals surface area contributed by atoms with Gasteiger partial charge >= 0.3 is 0 Å². The maximum Gasteiger partial charge on any atom is 0.230 e. The average Bonchev–Trinajstić information content (AvgIpc) is 2.95. The second-order valence-electron chi connectivity index (χ2n) is 4.30. The van der Waals surface area contributed by atoms with Gasteiger partial charge in [-0.1, -0.05) is 17.3 Å². The Hall–Kier alpha value is -2.41. The summed E-state index contributed by atoms with van der Waals surface area (Å²) >= 11 is 1.28. The fraction of sp³-hybridized carbons (Fsp3) is 0.214. The fourth-order valence-corrected chi connectivity index (χ4v) is 2.41. The van der Waals surface area contributed by atoms with Crippen molar-refractivity contribution >= 4 is 28.1 Å². The SMILES string of the molecule is COc1ccc(CC(=O)Nc2nc(C(C)=NO)cs2)cc1. The number of thiazole rings is 1. The third-order valence-corrected chi connectivity index (χ3v) is 3.55. The lowest BCUT2D eigenvalue weighted by molar-refractivity contribution is -0.115. The van der Waals surface area contributed by atoms with Crippen molar-refractivity contribution in [2.45, 2.75) is 13.3 Å². The first kappa shape index (κ1) is 15.0. The lowest BCUT2D eigenvalue weighted by Crippen LogP contribution is -2.14. The van der Waals surface area contributed by atoms with Gasteiger partial charge < -0.3 is 15.3 Å². The highest BCUT2D eigenvalue weighted by Gasteiger charge is 2.09. The molecule has 2 N–H and O–H groups in total. The highest BCUT2D eigenvalue weighted by atomic mass is 32.1. The number of anilines is 1. The zero-order valence-corrected chi connectivity index (χ0v) is 12.5. The predicted molar refractivity (Wildman–Crippen MR) is 81.4 cm³/mol. The van der Waals surface area contributed by atoms with Crippen LogP contribution in [0.1, 0.15) is 18.2 Å². The van der Waals surface area contributed by atoms with Crippen molar-refractivity contribution < 1.29 is 14.7 Å². The molecule has 7 heteroatoms. The maximum absolute atomic E-state index is 11.9. The zero-order chi connectivity index (χ0) is 15.2. The van der Waals surface area contributed by atoms with Crippen LogP contribution in [0.15, 0.2) is 34.8 Å². The summed E-state index contributed by atoms with van der Waals surface area (Å²) in [6.07, 6.45) is 0.256. The molecule has 0 bridgehead atoms. The first-order valence-corrected chi connectivity index (χ1v) is 7.07. The van der Waals surface area contributed by atoms with Crippen LogP contribution < -0.4 is 10.1 Å². The molecular formula is C14H15N3O3S. The van der Waals surface area contributed by atoms with E-state index in [9.17, 15) is 4.79 Å². The number of amides is 1. The van der Waals surface area contributed by atoms with Gasteiger partial charge in [0.2, 0.25) is 5.91 Å². The number of methoxy groups -OCH3 is 1. The van der Waals surface area contributed by atoms with Crippen LogP contribution in [0.5, 0.6) is 5.75 Å². The zero-order valence-electron chi connectivity index (χ0n) is 11.7. The minimum atomic E-state index is -0.153. The topological polar surface area (TPSA) is 83.8 Å². The Morgan fingerprint density at radius 1 is 1.43 bits per heavy atom. The van der Waals surface area contributed by atoms with E-state index in [4.69, 9.17) is 9.94 Å². The molecule has 2 rings (SSSR count). The molecule has 0 aliphatic carbocycles. The summed E-state index contributed by atoms with van der Waals surface area (Å²) in [5, 5.41) is 16.7. The summed E-state index contributed by atoms with van der Waals surface area (Å²) in [5.74, 6) is 0.599. The van der Waals surface area contributed by atoms with E-state index in [2.05, 4.69) is 15.5 Å². The van der Waals surface area contributed by atoms with Crippen molar-refractivity contribution in [3.63, 3.8) is 0 Å². The Kier molecular flexibility index (Phi) is 4.89. The normalized spacial score (nSPS) is 11.2. The van der Waals surface area contributed by atoms with Gasteiger partial charge in [-0.05, 0) is 24.6 Å². The van der Waals surface area contributed by atoms with E-state index in [1.165, 1.54) is 11.3 Å². The Morgan fingerprint density at radius 2 is 2.14 bits per heavy atom. The van der Waals surface area contributed by atoms with Crippen LogP contribution in [0.3, 0.4) is 0 Å². The highest BCUT2D eigenvalue weighted by Crippen LogP contribution is 2.17. The Balaban J connectivity index is 1.96. The van der Waals surface area contributed by atoms with Crippen molar-refractivity contribution in [2.24, 2.45) is 5.16 Å². The molecule has 0 aliphatic rings. The first-order valence-electron chi connectivity index (χ1n) is 6.19. The van der Waals surface area contributed by atoms with Crippen LogP contribution in [0, 0.1) is 0 Å². The minimum Gasteiger partial charge on any atom is -0.497 e. The average molecular weight is 305 g/mol. The van der Waals surface area contributed by atoms with Crippen LogP contribution in [-0.4, -0.2) is 28.9 Å². The second kappa shape index (κ2) is 6.85. The molecule has 1 heterocycles. The molecule has 1 amide bonds. The van der Waals surface area contributed by atoms with Crippen LogP contribution in [-0.2, 0) is 11.2 Å². The third kappa shape index (κ3) is 4.03. The number of aromatic nitrogens is 1. The Bertz CT molecular complexity index is 650. The van der Waals surface area contributed by atoms with Crippen LogP contribution in [0.25, 0.3) is 0 Å². The summed E-state index contributed by atoms with van der Waals surface area (Å²) < 4.78 is 5.07. The second-order valence-corrected chi connectivity index (χ2v) is 5.15. The molecule has 1 aromatic heterocycles. The van der Waals surface area contributed by atoms with Gasteiger partial charge in [0.15, 0.2) is 5.13 Å². The van der Waals surface area contributed by atoms with Gasteiger partial charge in [0.25, 0.3) is 0 Å². The number of nitrogens with one attached hydrogen (secondary N) is 1. The van der Waals surface area contributed by atoms with Crippen LogP contribution >= 0.6 is 11.3 Å². The Morgan fingerprint density at radius 3 is 2.76 bits per heavy atom. The van der Waals surface area contributed by atoms with Gasteiger partial charge in [0.05, 0.1) is 13.5 Å². The number of nitrogens with zero attached hydrogens (tertiary/aromatic N) is 2. The van der Waals surface area contributed by atoms with Crippen molar-refractivity contribution in [3.8, 4) is 5.75 Å². The number of oxime groups is 1. The minimum absolute atomic E-state index is 0.153. The molecule has 0 unspecified atom stereocenters. The predicted octanol–water partition coefficient (Wildman–Crippen LogP) is 2.53. The first-order chi connectivity index (χ1) is 10.1. The van der Waals surface area contributed by atoms with E-state index in [-0.39, 0.29) is 12.3 Å². The lowest BCUT2D eigenvalue weighted by Gasteiger charge is -2.03. The Labute approximate surface area is 126 Å². The molecule has 110 valence electrons. The number of rotatable bonds is 5. The standard InChI is InChI=1S/C14H15N3O3S/c1-9(17-19)12-8-21-14(15-12)16-13(18)7-10-3-5-11(20-2)6-4-10/h3-6,8,19H,7H2,1-2H3,(H,15,16,18). The molecule has 0 atom stereocenters. The molecule has 0 saturated carbocycles. The molecule has 0 saturated heterocycles. The molecule has 6 nitrogen and oxygen atoms in total. The van der Waals surface area contributed by atoms with E-state index >= 15 is 0 Å². The van der Waals surface area contributed by atoms with Crippen molar-refractivity contribution in [1.82, 2.24) is 4.98 Å². The quantitative estimate of drug-likeness (QED) is 0.505. The molecule has 1 aromatic carbocycles. The summed E-state index contributed by atoms with van der Waals surface area (Å²) in [6, 6.07) is 7.30. The van der Waals surface area contributed by atoms with Gasteiger partial charge in [0.1, 0.15) is 17.2 Å². The molecule has 0 radical (unpaired) electrons. The van der Waals surface area contributed by atoms with Gasteiger partial charge in [-0.15, -0.1) is 11.3 Å². The van der Waals surface area contributed by atoms with E-state index in [1.54, 1.807) is 19.4 Å². The smallest absolute Gasteiger partial charge is 0.230 e. The van der Waals surface area contributed by atoms with Crippen LogP contribution in [0.4, 0.5) is 5.13 Å². The van der Waals surface area contributed by atoms with E-state index in [0.717, 1.165) is 11.3 Å². The van der Waals surface area contributed by atoms with Gasteiger partial charge in [0, 0.05) is 5.38 Å². The lowest BCUT2D eigenvalue weighted by atomic mass is 10.1. The van der Waals surface area contributed by atoms with E-state index in [1.807, 2.05) is 24.3 Å². The van der Waals surface area contributed by atoms with Gasteiger partial charge in [-0.3, -0.25) is 4.79 Å². The molecule has 0 spiro atoms. The molecular weight excluding hydrogens is 290 g/mol. The van der Waals surface area contributed by atoms with Crippen molar-refractivity contribution in [1.29, 1.82) is 0 Å². The number of hydrogen-bond donors (Lipinski definition) is 2. The molecule has 2 aromatic rings. The summed E-state index contributed by atoms with van der Waals surface area (Å²) in [4.78, 5) is 16.1. The number of hydrogen-bond acceptors (Lipinski definition) is 6. The van der Waals surface area contributed by atoms with E-state index < -0.39 is 0 Å². The van der Waals surface area contributed by atoms with Crippen LogP contribution in [0.2, 0.25) is 0 Å². The van der Waals surface area contributed by atoms with E-state index in [0.29, 0.717) is 16.5 Å². The largest absolute Gasteiger partial charge is 0.497 e. The number of carbonyl (C=O) groups is 1. The monoisotopic (exact) mass is 305 g/mol.